The molecule has 1 saturated carbocycles. The predicted molar refractivity (Wildman–Crippen MR) is 88.9 cm³/mol. The first kappa shape index (κ1) is 16.9. The number of rotatable bonds is 8. The van der Waals surface area contributed by atoms with E-state index in [-0.39, 0.29) is 24.3 Å². The van der Waals surface area contributed by atoms with E-state index in [0.29, 0.717) is 11.7 Å². The third-order valence-electron chi connectivity index (χ3n) is 4.00. The first-order valence-corrected chi connectivity index (χ1v) is 8.93. The quantitative estimate of drug-likeness (QED) is 0.747. The highest BCUT2D eigenvalue weighted by Gasteiger charge is 2.30. The molecule has 5 nitrogen and oxygen atoms in total. The van der Waals surface area contributed by atoms with Crippen LogP contribution in [0.2, 0.25) is 0 Å². The Balaban J connectivity index is 1.88. The van der Waals surface area contributed by atoms with Crippen LogP contribution in [-0.4, -0.2) is 34.8 Å². The van der Waals surface area contributed by atoms with E-state index in [4.69, 9.17) is 0 Å². The van der Waals surface area contributed by atoms with Crippen molar-refractivity contribution in [3.05, 3.63) is 11.1 Å². The molecular formula is C16H25N3O2S. The number of amides is 2. The Morgan fingerprint density at radius 1 is 1.41 bits per heavy atom. The van der Waals surface area contributed by atoms with E-state index in [0.717, 1.165) is 43.4 Å². The molecule has 1 fully saturated rings. The van der Waals surface area contributed by atoms with Gasteiger partial charge in [-0.1, -0.05) is 26.2 Å². The van der Waals surface area contributed by atoms with Gasteiger partial charge >= 0.3 is 0 Å². The number of aromatic nitrogens is 1. The second-order valence-corrected chi connectivity index (χ2v) is 7.15. The summed E-state index contributed by atoms with van der Waals surface area (Å²) >= 11 is 1.45. The van der Waals surface area contributed by atoms with E-state index in [1.54, 1.807) is 11.1 Å². The molecule has 6 heteroatoms. The summed E-state index contributed by atoms with van der Waals surface area (Å²) in [5.41, 5.74) is 0. The molecule has 1 N–H and O–H groups in total. The number of hydrogen-bond acceptors (Lipinski definition) is 4. The summed E-state index contributed by atoms with van der Waals surface area (Å²) in [4.78, 5) is 31.5. The van der Waals surface area contributed by atoms with Gasteiger partial charge in [0.2, 0.25) is 11.8 Å². The summed E-state index contributed by atoms with van der Waals surface area (Å²) in [6.45, 7) is 4.89. The number of aryl methyl sites for hydroxylation is 1. The molecule has 1 aliphatic carbocycles. The molecule has 2 rings (SSSR count). The Morgan fingerprint density at radius 3 is 2.73 bits per heavy atom. The maximum absolute atomic E-state index is 12.4. The van der Waals surface area contributed by atoms with E-state index in [9.17, 15) is 9.59 Å². The molecule has 2 amide bonds. The van der Waals surface area contributed by atoms with Gasteiger partial charge in [-0.2, -0.15) is 0 Å². The predicted octanol–water partition coefficient (Wildman–Crippen LogP) is 3.21. The fraction of sp³-hybridized carbons (Fsp3) is 0.688. The molecular weight excluding hydrogens is 298 g/mol. The Morgan fingerprint density at radius 2 is 2.18 bits per heavy atom. The van der Waals surface area contributed by atoms with Crippen LogP contribution in [0.15, 0.2) is 6.20 Å². The summed E-state index contributed by atoms with van der Waals surface area (Å²) in [5, 5.41) is 3.39. The number of anilines is 1. The molecule has 1 aliphatic rings. The van der Waals surface area contributed by atoms with E-state index < -0.39 is 0 Å². The summed E-state index contributed by atoms with van der Waals surface area (Å²) in [5.74, 6) is 0.128. The summed E-state index contributed by atoms with van der Waals surface area (Å²) in [6, 6.07) is 0. The lowest BCUT2D eigenvalue weighted by atomic mass is 9.84. The van der Waals surface area contributed by atoms with Gasteiger partial charge in [-0.15, -0.1) is 11.3 Å². The summed E-state index contributed by atoms with van der Waals surface area (Å²) < 4.78 is 0. The minimum Gasteiger partial charge on any atom is -0.333 e. The maximum atomic E-state index is 12.4. The first-order valence-electron chi connectivity index (χ1n) is 8.11. The average molecular weight is 323 g/mol. The van der Waals surface area contributed by atoms with Crippen molar-refractivity contribution in [3.8, 4) is 0 Å². The SMILES string of the molecule is CCCCCN(CC(=O)Nc1ncc(C)s1)C(=O)C1CCC1. The molecule has 0 spiro atoms. The lowest BCUT2D eigenvalue weighted by molar-refractivity contribution is -0.140. The van der Waals surface area contributed by atoms with Gasteiger partial charge < -0.3 is 10.2 Å². The molecule has 0 radical (unpaired) electrons. The Bertz CT molecular complexity index is 511. The second-order valence-electron chi connectivity index (χ2n) is 5.92. The van der Waals surface area contributed by atoms with Crippen LogP contribution in [0.4, 0.5) is 5.13 Å². The monoisotopic (exact) mass is 323 g/mol. The highest BCUT2D eigenvalue weighted by atomic mass is 32.1. The topological polar surface area (TPSA) is 62.3 Å². The van der Waals surface area contributed by atoms with Gasteiger partial charge in [-0.25, -0.2) is 4.98 Å². The van der Waals surface area contributed by atoms with E-state index in [1.807, 2.05) is 6.92 Å². The lowest BCUT2D eigenvalue weighted by Crippen LogP contribution is -2.43. The molecule has 0 aliphatic heterocycles. The van der Waals surface area contributed by atoms with Crippen LogP contribution in [0.3, 0.4) is 0 Å². The van der Waals surface area contributed by atoms with Gasteiger partial charge in [-0.05, 0) is 26.2 Å². The van der Waals surface area contributed by atoms with Gasteiger partial charge in [0.15, 0.2) is 5.13 Å². The molecule has 0 unspecified atom stereocenters. The third kappa shape index (κ3) is 4.80. The minimum atomic E-state index is -0.154. The fourth-order valence-electron chi connectivity index (χ4n) is 2.48. The van der Waals surface area contributed by atoms with Crippen LogP contribution in [0.25, 0.3) is 0 Å². The fourth-order valence-corrected chi connectivity index (χ4v) is 3.16. The zero-order valence-corrected chi connectivity index (χ0v) is 14.2. The standard InChI is InChI=1S/C16H25N3O2S/c1-3-4-5-9-19(15(21)13-7-6-8-13)11-14(20)18-16-17-10-12(2)22-16/h10,13H,3-9,11H2,1-2H3,(H,17,18,20). The normalized spacial score (nSPS) is 14.5. The summed E-state index contributed by atoms with van der Waals surface area (Å²) in [7, 11) is 0. The van der Waals surface area contributed by atoms with Gasteiger partial charge in [0.1, 0.15) is 0 Å². The van der Waals surface area contributed by atoms with Crippen LogP contribution in [-0.2, 0) is 9.59 Å². The number of hydrogen-bond donors (Lipinski definition) is 1. The largest absolute Gasteiger partial charge is 0.333 e. The van der Waals surface area contributed by atoms with Crippen molar-refractivity contribution in [1.82, 2.24) is 9.88 Å². The van der Waals surface area contributed by atoms with Crippen molar-refractivity contribution in [1.29, 1.82) is 0 Å². The van der Waals surface area contributed by atoms with Crippen molar-refractivity contribution >= 4 is 28.3 Å². The zero-order chi connectivity index (χ0) is 15.9. The van der Waals surface area contributed by atoms with Gasteiger partial charge in [0.05, 0.1) is 6.54 Å². The minimum absolute atomic E-state index is 0.136. The Kier molecular flexibility index (Phi) is 6.36. The maximum Gasteiger partial charge on any atom is 0.245 e. The number of nitrogens with zero attached hydrogens (tertiary/aromatic N) is 2. The smallest absolute Gasteiger partial charge is 0.245 e. The Labute approximate surface area is 136 Å². The van der Waals surface area contributed by atoms with Gasteiger partial charge in [0, 0.05) is 23.5 Å². The number of thiazole rings is 1. The van der Waals surface area contributed by atoms with Crippen molar-refractivity contribution in [2.45, 2.75) is 52.4 Å². The average Bonchev–Trinajstić information content (AvgIpc) is 2.81. The number of unbranched alkanes of at least 4 members (excludes halogenated alkanes) is 2. The molecule has 0 bridgehead atoms. The van der Waals surface area contributed by atoms with E-state index in [2.05, 4.69) is 17.2 Å². The molecule has 1 heterocycles. The summed E-state index contributed by atoms with van der Waals surface area (Å²) in [6.07, 6.45) is 7.95. The number of carbonyl (C=O) groups excluding carboxylic acids is 2. The van der Waals surface area contributed by atoms with Crippen LogP contribution in [0.1, 0.15) is 50.3 Å². The number of nitrogens with one attached hydrogen (secondary N) is 1. The molecule has 0 aromatic carbocycles. The van der Waals surface area contributed by atoms with Crippen LogP contribution >= 0.6 is 11.3 Å². The molecule has 0 atom stereocenters. The number of carbonyl (C=O) groups is 2. The molecule has 1 aromatic rings. The van der Waals surface area contributed by atoms with Crippen molar-refractivity contribution in [2.24, 2.45) is 5.92 Å². The highest BCUT2D eigenvalue weighted by molar-refractivity contribution is 7.15. The third-order valence-corrected chi connectivity index (χ3v) is 4.83. The van der Waals surface area contributed by atoms with Crippen LogP contribution < -0.4 is 5.32 Å². The first-order chi connectivity index (χ1) is 10.6. The van der Waals surface area contributed by atoms with E-state index in [1.165, 1.54) is 11.3 Å². The lowest BCUT2D eigenvalue weighted by Gasteiger charge is -2.31. The molecule has 1 aromatic heterocycles. The van der Waals surface area contributed by atoms with Crippen LogP contribution in [0, 0.1) is 12.8 Å². The molecule has 122 valence electrons. The van der Waals surface area contributed by atoms with Crippen LogP contribution in [0.5, 0.6) is 0 Å². The molecule has 0 saturated heterocycles. The zero-order valence-electron chi connectivity index (χ0n) is 13.4. The van der Waals surface area contributed by atoms with Crippen molar-refractivity contribution in [2.75, 3.05) is 18.4 Å². The van der Waals surface area contributed by atoms with E-state index >= 15 is 0 Å². The van der Waals surface area contributed by atoms with Crippen molar-refractivity contribution in [3.63, 3.8) is 0 Å². The highest BCUT2D eigenvalue weighted by Crippen LogP contribution is 2.28. The Hall–Kier alpha value is -1.43. The van der Waals surface area contributed by atoms with Gasteiger partial charge in [0.25, 0.3) is 0 Å². The van der Waals surface area contributed by atoms with Gasteiger partial charge in [-0.3, -0.25) is 9.59 Å². The van der Waals surface area contributed by atoms with Crippen molar-refractivity contribution < 1.29 is 9.59 Å². The second kappa shape index (κ2) is 8.27. The molecule has 22 heavy (non-hydrogen) atoms.